The highest BCUT2D eigenvalue weighted by Crippen LogP contribution is 2.31. The normalized spacial score (nSPS) is 25.7. The quantitative estimate of drug-likeness (QED) is 0.472. The summed E-state index contributed by atoms with van der Waals surface area (Å²) < 4.78 is 0. The molecule has 0 unspecified atom stereocenters. The Morgan fingerprint density at radius 2 is 1.64 bits per heavy atom. The lowest BCUT2D eigenvalue weighted by Crippen LogP contribution is -2.40. The minimum atomic E-state index is 0.603. The predicted octanol–water partition coefficient (Wildman–Crippen LogP) is -0.127. The lowest BCUT2D eigenvalue weighted by Gasteiger charge is -2.39. The van der Waals surface area contributed by atoms with Gasteiger partial charge < -0.3 is 4.90 Å². The molecule has 3 heteroatoms. The summed E-state index contributed by atoms with van der Waals surface area (Å²) in [6, 6.07) is 0.742. The van der Waals surface area contributed by atoms with Gasteiger partial charge in [0.15, 0.2) is 0 Å². The zero-order chi connectivity index (χ0) is 8.48. The SMILES string of the molecule is BC1(B)CCN(C(C)C)CC1. The van der Waals surface area contributed by atoms with E-state index >= 15 is 0 Å². The lowest BCUT2D eigenvalue weighted by molar-refractivity contribution is 0.177. The van der Waals surface area contributed by atoms with E-state index in [1.165, 1.54) is 25.9 Å². The molecule has 0 aromatic carbocycles. The number of rotatable bonds is 1. The van der Waals surface area contributed by atoms with E-state index in [1.807, 2.05) is 0 Å². The topological polar surface area (TPSA) is 3.24 Å². The van der Waals surface area contributed by atoms with Crippen LogP contribution in [0.2, 0.25) is 5.21 Å². The number of nitrogens with zero attached hydrogens (tertiary/aromatic N) is 1. The Morgan fingerprint density at radius 1 is 1.18 bits per heavy atom. The van der Waals surface area contributed by atoms with E-state index in [9.17, 15) is 0 Å². The summed E-state index contributed by atoms with van der Waals surface area (Å²) in [5, 5.41) is 0.603. The maximum absolute atomic E-state index is 2.57. The van der Waals surface area contributed by atoms with Gasteiger partial charge in [0.05, 0.1) is 15.7 Å². The van der Waals surface area contributed by atoms with Crippen molar-refractivity contribution in [2.45, 2.75) is 37.9 Å². The molecule has 1 rings (SSSR count). The fourth-order valence-corrected chi connectivity index (χ4v) is 1.65. The van der Waals surface area contributed by atoms with Crippen LogP contribution < -0.4 is 0 Å². The molecule has 0 aliphatic carbocycles. The van der Waals surface area contributed by atoms with Crippen molar-refractivity contribution in [3.63, 3.8) is 0 Å². The maximum Gasteiger partial charge on any atom is 0.0993 e. The number of likely N-dealkylation sites (tertiary alicyclic amines) is 1. The van der Waals surface area contributed by atoms with Crippen LogP contribution in [0.4, 0.5) is 0 Å². The molecular weight excluding hydrogens is 132 g/mol. The van der Waals surface area contributed by atoms with Gasteiger partial charge in [-0.3, -0.25) is 0 Å². The van der Waals surface area contributed by atoms with Crippen LogP contribution in [0.5, 0.6) is 0 Å². The van der Waals surface area contributed by atoms with Gasteiger partial charge in [0, 0.05) is 6.04 Å². The smallest absolute Gasteiger partial charge is 0.0993 e. The van der Waals surface area contributed by atoms with E-state index in [-0.39, 0.29) is 0 Å². The Balaban J connectivity index is 2.36. The van der Waals surface area contributed by atoms with E-state index in [4.69, 9.17) is 0 Å². The minimum Gasteiger partial charge on any atom is -0.301 e. The molecule has 0 bridgehead atoms. The van der Waals surface area contributed by atoms with Gasteiger partial charge in [-0.2, -0.15) is 0 Å². The fraction of sp³-hybridized carbons (Fsp3) is 1.00. The van der Waals surface area contributed by atoms with Gasteiger partial charge in [-0.1, -0.05) is 5.21 Å². The van der Waals surface area contributed by atoms with Crippen LogP contribution in [0.15, 0.2) is 0 Å². The van der Waals surface area contributed by atoms with Gasteiger partial charge in [-0.25, -0.2) is 0 Å². The second kappa shape index (κ2) is 3.22. The summed E-state index contributed by atoms with van der Waals surface area (Å²) in [6.45, 7) is 7.17. The van der Waals surface area contributed by atoms with Crippen LogP contribution in [0.1, 0.15) is 26.7 Å². The van der Waals surface area contributed by atoms with Crippen LogP contribution in [-0.2, 0) is 0 Å². The molecule has 1 heterocycles. The van der Waals surface area contributed by atoms with E-state index in [0.29, 0.717) is 5.21 Å². The van der Waals surface area contributed by atoms with Gasteiger partial charge in [-0.05, 0) is 39.8 Å². The van der Waals surface area contributed by atoms with Crippen molar-refractivity contribution in [3.8, 4) is 0 Å². The summed E-state index contributed by atoms with van der Waals surface area (Å²) in [5.41, 5.74) is 0. The molecule has 0 atom stereocenters. The van der Waals surface area contributed by atoms with Gasteiger partial charge in [0.2, 0.25) is 0 Å². The first-order chi connectivity index (χ1) is 5.01. The van der Waals surface area contributed by atoms with E-state index in [1.54, 1.807) is 0 Å². The third-order valence-corrected chi connectivity index (χ3v) is 2.88. The Labute approximate surface area is 72.4 Å². The monoisotopic (exact) mass is 151 g/mol. The third-order valence-electron chi connectivity index (χ3n) is 2.88. The van der Waals surface area contributed by atoms with E-state index < -0.39 is 0 Å². The molecule has 0 spiro atoms. The Morgan fingerprint density at radius 3 is 2.00 bits per heavy atom. The molecule has 0 amide bonds. The highest BCUT2D eigenvalue weighted by molar-refractivity contribution is 6.39. The summed E-state index contributed by atoms with van der Waals surface area (Å²) in [6.07, 6.45) is 2.73. The molecule has 0 aromatic rings. The third kappa shape index (κ3) is 2.55. The highest BCUT2D eigenvalue weighted by Gasteiger charge is 2.25. The second-order valence-electron chi connectivity index (χ2n) is 4.79. The average molecular weight is 151 g/mol. The summed E-state index contributed by atoms with van der Waals surface area (Å²) in [7, 11) is 4.76. The van der Waals surface area contributed by atoms with Crippen LogP contribution >= 0.6 is 0 Å². The molecule has 1 saturated heterocycles. The van der Waals surface area contributed by atoms with Crippen LogP contribution in [0, 0.1) is 0 Å². The lowest BCUT2D eigenvalue weighted by atomic mass is 9.50. The summed E-state index contributed by atoms with van der Waals surface area (Å²) in [5.74, 6) is 0. The molecule has 0 radical (unpaired) electrons. The van der Waals surface area contributed by atoms with Crippen LogP contribution in [-0.4, -0.2) is 39.7 Å². The van der Waals surface area contributed by atoms with Crippen molar-refractivity contribution in [3.05, 3.63) is 0 Å². The standard InChI is InChI=1S/C8H19B2N/c1-7(2)11-5-3-8(9,10)4-6-11/h7H,3-6,9-10H2,1-2H3. The van der Waals surface area contributed by atoms with Crippen LogP contribution in [0.3, 0.4) is 0 Å². The van der Waals surface area contributed by atoms with E-state index in [2.05, 4.69) is 34.4 Å². The van der Waals surface area contributed by atoms with Gasteiger partial charge in [0.1, 0.15) is 0 Å². The summed E-state index contributed by atoms with van der Waals surface area (Å²) >= 11 is 0. The zero-order valence-electron chi connectivity index (χ0n) is 8.35. The fourth-order valence-electron chi connectivity index (χ4n) is 1.65. The molecule has 62 valence electrons. The molecule has 1 aliphatic rings. The number of hydrogen-bond donors (Lipinski definition) is 0. The zero-order valence-corrected chi connectivity index (χ0v) is 8.35. The number of hydrogen-bond acceptors (Lipinski definition) is 1. The maximum atomic E-state index is 2.57. The van der Waals surface area contributed by atoms with Gasteiger partial charge >= 0.3 is 0 Å². The molecular formula is C8H19B2N. The Bertz CT molecular complexity index is 124. The largest absolute Gasteiger partial charge is 0.301 e. The van der Waals surface area contributed by atoms with E-state index in [0.717, 1.165) is 6.04 Å². The highest BCUT2D eigenvalue weighted by atomic mass is 15.1. The average Bonchev–Trinajstić information content (AvgIpc) is 1.86. The Hall–Kier alpha value is 0.0899. The Kier molecular flexibility index (Phi) is 2.69. The first-order valence-corrected chi connectivity index (χ1v) is 4.75. The molecule has 1 aliphatic heterocycles. The first-order valence-electron chi connectivity index (χ1n) is 4.75. The molecule has 0 saturated carbocycles. The minimum absolute atomic E-state index is 0.603. The molecule has 11 heavy (non-hydrogen) atoms. The van der Waals surface area contributed by atoms with Gasteiger partial charge in [-0.15, -0.1) is 0 Å². The van der Waals surface area contributed by atoms with Crippen molar-refractivity contribution in [2.24, 2.45) is 0 Å². The number of piperidine rings is 1. The second-order valence-corrected chi connectivity index (χ2v) is 4.79. The molecule has 1 nitrogen and oxygen atoms in total. The predicted molar refractivity (Wildman–Crippen MR) is 55.7 cm³/mol. The van der Waals surface area contributed by atoms with Crippen molar-refractivity contribution in [2.75, 3.05) is 13.1 Å². The van der Waals surface area contributed by atoms with Crippen molar-refractivity contribution in [1.29, 1.82) is 0 Å². The molecule has 0 aromatic heterocycles. The van der Waals surface area contributed by atoms with Crippen molar-refractivity contribution < 1.29 is 0 Å². The molecule has 0 N–H and O–H groups in total. The summed E-state index contributed by atoms with van der Waals surface area (Å²) in [4.78, 5) is 2.57. The molecule has 1 fully saturated rings. The first kappa shape index (κ1) is 9.18. The van der Waals surface area contributed by atoms with Crippen LogP contribution in [0.25, 0.3) is 0 Å². The van der Waals surface area contributed by atoms with Crippen molar-refractivity contribution >= 4 is 15.7 Å². The van der Waals surface area contributed by atoms with Crippen molar-refractivity contribution in [1.82, 2.24) is 4.90 Å². The van der Waals surface area contributed by atoms with Gasteiger partial charge in [0.25, 0.3) is 0 Å².